The van der Waals surface area contributed by atoms with Gasteiger partial charge in [-0.3, -0.25) is 19.2 Å². The highest BCUT2D eigenvalue weighted by atomic mass is 16.4. The lowest BCUT2D eigenvalue weighted by Crippen LogP contribution is -2.18. The molecule has 0 saturated heterocycles. The summed E-state index contributed by atoms with van der Waals surface area (Å²) in [4.78, 5) is 81.6. The molecule has 0 heterocycles. The number of benzene rings is 6. The number of ketones is 1. The maximum Gasteiger partial charge on any atom is 0.336 e. The van der Waals surface area contributed by atoms with E-state index in [2.05, 4.69) is 24.5 Å². The van der Waals surface area contributed by atoms with Gasteiger partial charge in [0.15, 0.2) is 5.78 Å². The molecule has 6 aromatic carbocycles. The molecule has 0 unspecified atom stereocenters. The van der Waals surface area contributed by atoms with Crippen molar-refractivity contribution in [2.24, 2.45) is 5.73 Å². The number of unbranched alkanes of at least 4 members (excludes halogenated alkanes) is 2. The normalized spacial score (nSPS) is 10.2. The molecule has 3 amide bonds. The van der Waals surface area contributed by atoms with Crippen molar-refractivity contribution < 1.29 is 48.9 Å². The number of nitrogens with two attached hydrogens (primary N) is 1. The molecule has 0 aromatic heterocycles. The van der Waals surface area contributed by atoms with Crippen molar-refractivity contribution in [1.29, 1.82) is 0 Å². The number of anilines is 2. The van der Waals surface area contributed by atoms with Crippen molar-refractivity contribution in [1.82, 2.24) is 0 Å². The van der Waals surface area contributed by atoms with Gasteiger partial charge >= 0.3 is 17.9 Å². The van der Waals surface area contributed by atoms with E-state index in [0.717, 1.165) is 55.2 Å². The maximum absolute atomic E-state index is 12.5. The second kappa shape index (κ2) is 28.2. The molecule has 7 N–H and O–H groups in total. The van der Waals surface area contributed by atoms with E-state index in [1.807, 2.05) is 55.5 Å². The largest absolute Gasteiger partial charge is 0.478 e. The second-order valence-electron chi connectivity index (χ2n) is 16.4. The summed E-state index contributed by atoms with van der Waals surface area (Å²) in [6.45, 7) is 7.89. The average Bonchev–Trinajstić information content (AvgIpc) is 3.33. The second-order valence-corrected chi connectivity index (χ2v) is 16.4. The molecule has 0 aliphatic heterocycles. The van der Waals surface area contributed by atoms with Gasteiger partial charge in [-0.15, -0.1) is 0 Å². The summed E-state index contributed by atoms with van der Waals surface area (Å²) >= 11 is 0. The van der Waals surface area contributed by atoms with Gasteiger partial charge in [0.1, 0.15) is 0 Å². The van der Waals surface area contributed by atoms with E-state index >= 15 is 0 Å². The lowest BCUT2D eigenvalue weighted by molar-refractivity contribution is -0.118. The molecule has 13 heteroatoms. The van der Waals surface area contributed by atoms with Crippen LogP contribution < -0.4 is 16.4 Å². The van der Waals surface area contributed by atoms with Crippen LogP contribution in [0, 0.1) is 13.8 Å². The molecule has 0 spiro atoms. The minimum Gasteiger partial charge on any atom is -0.478 e. The van der Waals surface area contributed by atoms with Crippen molar-refractivity contribution in [3.05, 3.63) is 200 Å². The van der Waals surface area contributed by atoms with Crippen molar-refractivity contribution in [3.8, 4) is 0 Å². The fourth-order valence-electron chi connectivity index (χ4n) is 7.13. The van der Waals surface area contributed by atoms with Gasteiger partial charge in [-0.25, -0.2) is 14.4 Å². The highest BCUT2D eigenvalue weighted by Crippen LogP contribution is 2.20. The highest BCUT2D eigenvalue weighted by molar-refractivity contribution is 6.12. The number of hydrogen-bond donors (Lipinski definition) is 6. The number of carbonyl (C=O) groups is 7. The Balaban J connectivity index is 0.000000276. The minimum absolute atomic E-state index is 0. The number of Topliss-reactive ketones (excluding diaryl/α,β-unsaturated/α-hetero) is 1. The number of carboxylic acid groups (broad SMARTS) is 3. The smallest absolute Gasteiger partial charge is 0.336 e. The molecule has 13 nitrogen and oxygen atoms in total. The van der Waals surface area contributed by atoms with Gasteiger partial charge in [0.05, 0.1) is 27.8 Å². The number of carbonyl (C=O) groups excluding carboxylic acids is 4. The van der Waals surface area contributed by atoms with E-state index in [1.165, 1.54) is 35.4 Å². The Hall–Kier alpha value is -8.19. The Kier molecular flexibility index (Phi) is 22.6. The predicted octanol–water partition coefficient (Wildman–Crippen LogP) is 11.4. The first-order valence-corrected chi connectivity index (χ1v) is 22.7. The van der Waals surface area contributed by atoms with Crippen LogP contribution in [0.3, 0.4) is 0 Å². The third-order valence-corrected chi connectivity index (χ3v) is 10.9. The third kappa shape index (κ3) is 17.5. The number of primary amides is 1. The molecular formula is C57H63N3O10. The zero-order valence-corrected chi connectivity index (χ0v) is 39.3. The Morgan fingerprint density at radius 2 is 0.929 bits per heavy atom. The number of aryl methyl sites for hydroxylation is 5. The Morgan fingerprint density at radius 3 is 1.43 bits per heavy atom. The lowest BCUT2D eigenvalue weighted by atomic mass is 9.96. The highest BCUT2D eigenvalue weighted by Gasteiger charge is 2.20. The summed E-state index contributed by atoms with van der Waals surface area (Å²) in [6, 6.07) is 38.3. The lowest BCUT2D eigenvalue weighted by Gasteiger charge is -2.11. The van der Waals surface area contributed by atoms with Gasteiger partial charge in [0.25, 0.3) is 11.8 Å². The summed E-state index contributed by atoms with van der Waals surface area (Å²) in [5.74, 6) is -4.75. The van der Waals surface area contributed by atoms with E-state index in [9.17, 15) is 43.8 Å². The van der Waals surface area contributed by atoms with Crippen molar-refractivity contribution >= 4 is 52.8 Å². The summed E-state index contributed by atoms with van der Waals surface area (Å²) in [5, 5.41) is 33.0. The Labute approximate surface area is 409 Å². The van der Waals surface area contributed by atoms with E-state index in [-0.39, 0.29) is 65.3 Å². The van der Waals surface area contributed by atoms with E-state index in [1.54, 1.807) is 67.6 Å². The van der Waals surface area contributed by atoms with Crippen LogP contribution in [0.1, 0.15) is 149 Å². The Bertz CT molecular complexity index is 2750. The monoisotopic (exact) mass is 949 g/mol. The number of nitrogens with one attached hydrogen (secondary N) is 2. The summed E-state index contributed by atoms with van der Waals surface area (Å²) in [6.07, 6.45) is 7.67. The zero-order chi connectivity index (χ0) is 50.5. The van der Waals surface area contributed by atoms with Crippen LogP contribution in [0.5, 0.6) is 0 Å². The first kappa shape index (κ1) is 56.1. The molecule has 0 saturated carbocycles. The van der Waals surface area contributed by atoms with Gasteiger partial charge in [0.2, 0.25) is 5.91 Å². The fourth-order valence-corrected chi connectivity index (χ4v) is 7.13. The van der Waals surface area contributed by atoms with Crippen LogP contribution in [-0.4, -0.2) is 56.7 Å². The zero-order valence-electron chi connectivity index (χ0n) is 39.3. The van der Waals surface area contributed by atoms with Crippen LogP contribution >= 0.6 is 0 Å². The van der Waals surface area contributed by atoms with Crippen LogP contribution in [0.15, 0.2) is 133 Å². The summed E-state index contributed by atoms with van der Waals surface area (Å²) in [7, 11) is 0. The third-order valence-electron chi connectivity index (χ3n) is 10.9. The van der Waals surface area contributed by atoms with Gasteiger partial charge in [-0.1, -0.05) is 119 Å². The molecule has 0 aliphatic rings. The van der Waals surface area contributed by atoms with Crippen LogP contribution in [0.25, 0.3) is 0 Å². The summed E-state index contributed by atoms with van der Waals surface area (Å²) in [5.41, 5.74) is 12.8. The number of hydrogen-bond acceptors (Lipinski definition) is 7. The number of aromatic carboxylic acids is 3. The molecule has 0 fully saturated rings. The Morgan fingerprint density at radius 1 is 0.486 bits per heavy atom. The SMILES string of the molecule is C.CCCCc1ccc(CC(=O)c2cc(C)ccc2C(=O)O)cc1.CCCCc1ccc(NC(=O)c2c(C)cccc2C(=O)O)cc1.NC(=O)CCc1ccc(NC(=O)c2ccccc2C(=O)O)cc1. The van der Waals surface area contributed by atoms with E-state index in [4.69, 9.17) is 10.8 Å². The molecule has 6 aromatic rings. The molecule has 366 valence electrons. The molecular weight excluding hydrogens is 887 g/mol. The number of carboxylic acids is 3. The van der Waals surface area contributed by atoms with Gasteiger partial charge in [0, 0.05) is 29.8 Å². The first-order valence-electron chi connectivity index (χ1n) is 22.7. The number of amides is 3. The molecule has 0 radical (unpaired) electrons. The molecule has 6 rings (SSSR count). The van der Waals surface area contributed by atoms with Crippen molar-refractivity contribution in [3.63, 3.8) is 0 Å². The number of rotatable bonds is 19. The van der Waals surface area contributed by atoms with E-state index < -0.39 is 29.7 Å². The van der Waals surface area contributed by atoms with Gasteiger partial charge < -0.3 is 31.7 Å². The van der Waals surface area contributed by atoms with E-state index in [0.29, 0.717) is 23.4 Å². The van der Waals surface area contributed by atoms with Crippen LogP contribution in [0.2, 0.25) is 0 Å². The molecule has 0 atom stereocenters. The summed E-state index contributed by atoms with van der Waals surface area (Å²) < 4.78 is 0. The van der Waals surface area contributed by atoms with Gasteiger partial charge in [-0.2, -0.15) is 0 Å². The maximum atomic E-state index is 12.5. The van der Waals surface area contributed by atoms with Crippen molar-refractivity contribution in [2.45, 2.75) is 92.9 Å². The van der Waals surface area contributed by atoms with Crippen LogP contribution in [0.4, 0.5) is 11.4 Å². The first-order chi connectivity index (χ1) is 33.0. The minimum atomic E-state index is -1.16. The fraction of sp³-hybridized carbons (Fsp3) is 0.246. The molecule has 0 aliphatic carbocycles. The van der Waals surface area contributed by atoms with Gasteiger partial charge in [-0.05, 0) is 128 Å². The van der Waals surface area contributed by atoms with Crippen molar-refractivity contribution in [2.75, 3.05) is 10.6 Å². The molecule has 0 bridgehead atoms. The topological polar surface area (TPSA) is 230 Å². The van der Waals surface area contributed by atoms with Crippen LogP contribution in [-0.2, 0) is 30.5 Å². The molecule has 70 heavy (non-hydrogen) atoms. The predicted molar refractivity (Wildman–Crippen MR) is 274 cm³/mol. The quantitative estimate of drug-likeness (QED) is 0.0421. The standard InChI is InChI=1S/C20H22O3.C19H21NO3.C17H16N2O4.CH4/c1-3-4-5-15-7-9-16(10-8-15)13-19(21)18-12-14(2)6-11-17(18)20(22)23;1-3-4-7-14-9-11-15(12-10-14)20-18(21)17-13(2)6-5-8-16(17)19(22)23;18-15(20)10-7-11-5-8-12(9-6-11)19-16(21)13-3-1-2-4-14(13)17(22)23;/h6-12H,3-5,13H2,1-2H3,(H,22,23);5-6,8-12H,3-4,7H2,1-2H3,(H,20,21)(H,22,23);1-6,8-9H,7,10H2,(H2,18,20)(H,19,21)(H,22,23);1H4. The average molecular weight is 950 g/mol.